The molecule has 6 heteroatoms. The molecule has 1 fully saturated rings. The van der Waals surface area contributed by atoms with Crippen LogP contribution in [-0.4, -0.2) is 46.1 Å². The van der Waals surface area contributed by atoms with Crippen LogP contribution in [0.2, 0.25) is 0 Å². The zero-order valence-corrected chi connectivity index (χ0v) is 24.7. The molecule has 0 unspecified atom stereocenters. The number of fused-ring (bicyclic) bond motifs is 1. The van der Waals surface area contributed by atoms with Gasteiger partial charge in [0, 0.05) is 30.5 Å². The van der Waals surface area contributed by atoms with Gasteiger partial charge >= 0.3 is 0 Å². The van der Waals surface area contributed by atoms with Gasteiger partial charge in [-0.2, -0.15) is 0 Å². The summed E-state index contributed by atoms with van der Waals surface area (Å²) in [6.45, 7) is 12.4. The van der Waals surface area contributed by atoms with Crippen LogP contribution in [-0.2, 0) is 6.42 Å². The minimum absolute atomic E-state index is 0.522. The third kappa shape index (κ3) is 8.14. The Kier molecular flexibility index (Phi) is 10.1. The van der Waals surface area contributed by atoms with Crippen molar-refractivity contribution in [1.29, 1.82) is 0 Å². The van der Waals surface area contributed by atoms with Crippen LogP contribution >= 0.6 is 0 Å². The van der Waals surface area contributed by atoms with Crippen LogP contribution < -0.4 is 9.47 Å². The number of likely N-dealkylation sites (tertiary alicyclic amines) is 1. The van der Waals surface area contributed by atoms with Crippen molar-refractivity contribution in [1.82, 2.24) is 19.9 Å². The quantitative estimate of drug-likeness (QED) is 0.101. The summed E-state index contributed by atoms with van der Waals surface area (Å²) in [6, 6.07) is 20.5. The van der Waals surface area contributed by atoms with Crippen molar-refractivity contribution in [2.24, 2.45) is 5.92 Å². The number of hydrogen-bond acceptors (Lipinski definition) is 6. The average Bonchev–Trinajstić information content (AvgIpc) is 3.02. The molecule has 4 aromatic rings. The highest BCUT2D eigenvalue weighted by Crippen LogP contribution is 2.31. The highest BCUT2D eigenvalue weighted by atomic mass is 16.5. The summed E-state index contributed by atoms with van der Waals surface area (Å²) in [4.78, 5) is 15.8. The van der Waals surface area contributed by atoms with Gasteiger partial charge in [-0.3, -0.25) is 4.98 Å². The highest BCUT2D eigenvalue weighted by molar-refractivity contribution is 5.87. The fraction of sp³-hybridized carbons (Fsp3) is 0.306. The minimum atomic E-state index is 0.522. The van der Waals surface area contributed by atoms with Crippen LogP contribution in [0.3, 0.4) is 0 Å². The molecule has 42 heavy (non-hydrogen) atoms. The largest absolute Gasteiger partial charge is 0.494 e. The van der Waals surface area contributed by atoms with E-state index in [4.69, 9.17) is 9.47 Å². The van der Waals surface area contributed by atoms with Crippen molar-refractivity contribution in [3.63, 3.8) is 0 Å². The van der Waals surface area contributed by atoms with Gasteiger partial charge in [-0.05, 0) is 101 Å². The van der Waals surface area contributed by atoms with Gasteiger partial charge in [-0.25, -0.2) is 9.97 Å². The summed E-state index contributed by atoms with van der Waals surface area (Å²) in [5.41, 5.74) is 4.04. The van der Waals surface area contributed by atoms with Crippen molar-refractivity contribution in [2.75, 3.05) is 26.2 Å². The molecule has 6 nitrogen and oxygen atoms in total. The van der Waals surface area contributed by atoms with E-state index < -0.39 is 0 Å². The van der Waals surface area contributed by atoms with Gasteiger partial charge in [0.05, 0.1) is 17.7 Å². The second-order valence-electron chi connectivity index (χ2n) is 11.1. The molecule has 1 aliphatic rings. The van der Waals surface area contributed by atoms with E-state index in [1.54, 1.807) is 24.7 Å². The molecular formula is C36H40N4O2. The van der Waals surface area contributed by atoms with Crippen LogP contribution in [0.25, 0.3) is 16.5 Å². The van der Waals surface area contributed by atoms with Crippen molar-refractivity contribution in [2.45, 2.75) is 39.5 Å². The number of piperidine rings is 1. The van der Waals surface area contributed by atoms with Crippen LogP contribution in [0.4, 0.5) is 0 Å². The van der Waals surface area contributed by atoms with Crippen molar-refractivity contribution in [3.05, 3.63) is 121 Å². The normalized spacial score (nSPS) is 14.5. The summed E-state index contributed by atoms with van der Waals surface area (Å²) in [6.07, 6.45) is 13.8. The smallest absolute Gasteiger partial charge is 0.162 e. The number of rotatable bonds is 12. The monoisotopic (exact) mass is 560 g/mol. The molecule has 0 amide bonds. The first-order chi connectivity index (χ1) is 20.5. The first-order valence-electron chi connectivity index (χ1n) is 14.8. The summed E-state index contributed by atoms with van der Waals surface area (Å²) in [5.74, 6) is 3.37. The molecule has 5 rings (SSSR count). The number of ether oxygens (including phenoxy) is 2. The Labute approximate surface area is 249 Å². The van der Waals surface area contributed by atoms with Crippen molar-refractivity contribution < 1.29 is 9.47 Å². The Morgan fingerprint density at radius 2 is 1.71 bits per heavy atom. The van der Waals surface area contributed by atoms with Gasteiger partial charge in [-0.15, -0.1) is 0 Å². The molecule has 2 aromatic carbocycles. The molecule has 0 radical (unpaired) electrons. The second kappa shape index (κ2) is 14.6. The first kappa shape index (κ1) is 29.2. The molecular weight excluding hydrogens is 520 g/mol. The van der Waals surface area contributed by atoms with Gasteiger partial charge in [-0.1, -0.05) is 48.6 Å². The van der Waals surface area contributed by atoms with Crippen molar-refractivity contribution >= 4 is 16.5 Å². The zero-order chi connectivity index (χ0) is 29.1. The maximum Gasteiger partial charge on any atom is 0.162 e. The summed E-state index contributed by atoms with van der Waals surface area (Å²) >= 11 is 0. The van der Waals surface area contributed by atoms with Crippen LogP contribution in [0.5, 0.6) is 11.5 Å². The molecule has 3 heterocycles. The predicted octanol–water partition coefficient (Wildman–Crippen LogP) is 7.69. The molecule has 0 aliphatic carbocycles. The van der Waals surface area contributed by atoms with E-state index in [0.29, 0.717) is 29.5 Å². The molecule has 0 atom stereocenters. The maximum absolute atomic E-state index is 6.44. The third-order valence-electron chi connectivity index (χ3n) is 7.56. The lowest BCUT2D eigenvalue weighted by molar-refractivity contribution is 0.170. The van der Waals surface area contributed by atoms with Gasteiger partial charge < -0.3 is 14.4 Å². The van der Waals surface area contributed by atoms with Gasteiger partial charge in [0.15, 0.2) is 5.82 Å². The van der Waals surface area contributed by atoms with E-state index in [9.17, 15) is 0 Å². The third-order valence-corrected chi connectivity index (χ3v) is 7.56. The van der Waals surface area contributed by atoms with E-state index in [1.165, 1.54) is 37.9 Å². The molecule has 0 spiro atoms. The molecule has 0 bridgehead atoms. The zero-order valence-electron chi connectivity index (χ0n) is 24.7. The van der Waals surface area contributed by atoms with Crippen LogP contribution in [0.15, 0.2) is 109 Å². The predicted molar refractivity (Wildman–Crippen MR) is 170 cm³/mol. The number of benzene rings is 2. The molecule has 1 saturated heterocycles. The Morgan fingerprint density at radius 1 is 0.929 bits per heavy atom. The second-order valence-corrected chi connectivity index (χ2v) is 11.1. The molecule has 1 aliphatic heterocycles. The lowest BCUT2D eigenvalue weighted by Gasteiger charge is -2.32. The fourth-order valence-electron chi connectivity index (χ4n) is 5.24. The number of nitrogens with zero attached hydrogens (tertiary/aromatic N) is 4. The van der Waals surface area contributed by atoms with E-state index in [-0.39, 0.29) is 0 Å². The first-order valence-corrected chi connectivity index (χ1v) is 14.8. The maximum atomic E-state index is 6.44. The molecule has 216 valence electrons. The van der Waals surface area contributed by atoms with Gasteiger partial charge in [0.2, 0.25) is 0 Å². The van der Waals surface area contributed by atoms with E-state index in [1.807, 2.05) is 50.3 Å². The lowest BCUT2D eigenvalue weighted by Crippen LogP contribution is -2.35. The van der Waals surface area contributed by atoms with Gasteiger partial charge in [0.1, 0.15) is 17.3 Å². The Balaban J connectivity index is 1.18. The van der Waals surface area contributed by atoms with Gasteiger partial charge in [0.25, 0.3) is 0 Å². The number of allylic oxidation sites excluding steroid dienone is 4. The Bertz CT molecular complexity index is 1520. The minimum Gasteiger partial charge on any atom is -0.494 e. The van der Waals surface area contributed by atoms with E-state index in [0.717, 1.165) is 41.1 Å². The lowest BCUT2D eigenvalue weighted by atomic mass is 9.90. The summed E-state index contributed by atoms with van der Waals surface area (Å²) in [7, 11) is 0. The standard InChI is InChI=1S/C36H40N4O2/c1-27(2)11-14-34(28(3)36-38-18-7-19-39-36)42-35-15-20-37-33-13-12-31(26-32(33)35)41-24-8-21-40-22-16-30(17-23-40)25-29-9-5-4-6-10-29/h4-7,9-15,18-20,26,30H,3,8,16-17,21-25H2,1-2H3/b34-14+. The highest BCUT2D eigenvalue weighted by Gasteiger charge is 2.19. The fourth-order valence-corrected chi connectivity index (χ4v) is 5.24. The summed E-state index contributed by atoms with van der Waals surface area (Å²) < 4.78 is 12.6. The Morgan fingerprint density at radius 3 is 2.48 bits per heavy atom. The average molecular weight is 561 g/mol. The summed E-state index contributed by atoms with van der Waals surface area (Å²) in [5, 5.41) is 0.875. The van der Waals surface area contributed by atoms with Crippen LogP contribution in [0.1, 0.15) is 44.5 Å². The number of aromatic nitrogens is 3. The SMILES string of the molecule is C=C(/C(=C\C=C(C)C)Oc1ccnc2ccc(OCCCN3CCC(Cc4ccccc4)CC3)cc12)c1ncccn1. The number of pyridine rings is 1. The number of hydrogen-bond donors (Lipinski definition) is 0. The van der Waals surface area contributed by atoms with E-state index in [2.05, 4.69) is 56.8 Å². The van der Waals surface area contributed by atoms with E-state index >= 15 is 0 Å². The topological polar surface area (TPSA) is 60.4 Å². The molecule has 0 saturated carbocycles. The molecule has 0 N–H and O–H groups in total. The Hall–Kier alpha value is -4.29. The molecule has 2 aromatic heterocycles. The van der Waals surface area contributed by atoms with Crippen molar-refractivity contribution in [3.8, 4) is 11.5 Å². The van der Waals surface area contributed by atoms with Crippen LogP contribution in [0, 0.1) is 5.92 Å².